The molecule has 1 aromatic carbocycles. The first-order valence-electron chi connectivity index (χ1n) is 18.2. The number of carbonyl (C=O) groups excluding carboxylic acids is 4. The molecular formula is C38H65N5O8. The average molecular weight is 720 g/mol. The van der Waals surface area contributed by atoms with E-state index in [0.717, 1.165) is 5.56 Å². The number of carboxylic acid groups (broad SMARTS) is 1. The van der Waals surface area contributed by atoms with Gasteiger partial charge in [-0.25, -0.2) is 4.79 Å². The first-order chi connectivity index (χ1) is 24.1. The molecule has 1 aliphatic rings. The summed E-state index contributed by atoms with van der Waals surface area (Å²) in [5.74, 6) is -3.15. The second-order valence-corrected chi connectivity index (χ2v) is 14.0. The average Bonchev–Trinajstić information content (AvgIpc) is 3.57. The third kappa shape index (κ3) is 13.8. The number of carbonyl (C=O) groups is 5. The Labute approximate surface area is 305 Å². The zero-order valence-electron chi connectivity index (χ0n) is 32.7. The Morgan fingerprint density at radius 3 is 2.06 bits per heavy atom. The van der Waals surface area contributed by atoms with Gasteiger partial charge in [-0.05, 0) is 37.3 Å². The van der Waals surface area contributed by atoms with Gasteiger partial charge in [-0.3, -0.25) is 19.2 Å². The van der Waals surface area contributed by atoms with E-state index in [0.29, 0.717) is 19.4 Å². The topological polar surface area (TPSA) is 167 Å². The Kier molecular flexibility index (Phi) is 20.6. The molecule has 290 valence electrons. The Bertz CT molecular complexity index is 1230. The molecule has 13 nitrogen and oxygen atoms in total. The molecule has 0 aliphatic carbocycles. The first kappa shape index (κ1) is 45.5. The molecule has 1 saturated heterocycles. The standard InChI is InChI=1S/C35H57N5O8.C3H8/c1-21(2)30(36-6)34(44)37-20-29(42)39(7)31(22(3)4)27(47-8)19-28(41)40-17-13-16-26(40)32(48-9)23(5)33(43)38-25(35(45)46)18-24-14-11-10-12-15-24;1-3-2/h10-12,14-15,21-23,25-27,30-32,36H,13,16-20H2,1-9H3,(H,37,44)(H,38,43)(H,45,46);3H2,1-2H3/t23?,25?,26-,27?,30?,31?,32?;/m0./s1. The summed E-state index contributed by atoms with van der Waals surface area (Å²) in [5.41, 5.74) is 0.784. The number of aliphatic carboxylic acids is 1. The van der Waals surface area contributed by atoms with Crippen molar-refractivity contribution in [1.82, 2.24) is 25.8 Å². The van der Waals surface area contributed by atoms with Gasteiger partial charge in [0, 0.05) is 34.2 Å². The summed E-state index contributed by atoms with van der Waals surface area (Å²) in [6.07, 6.45) is 1.38. The number of hydrogen-bond donors (Lipinski definition) is 4. The summed E-state index contributed by atoms with van der Waals surface area (Å²) in [6.45, 7) is 13.9. The van der Waals surface area contributed by atoms with Gasteiger partial charge < -0.3 is 40.3 Å². The lowest BCUT2D eigenvalue weighted by Gasteiger charge is -2.38. The van der Waals surface area contributed by atoms with Crippen LogP contribution in [0.25, 0.3) is 0 Å². The summed E-state index contributed by atoms with van der Waals surface area (Å²) in [6, 6.07) is 6.65. The van der Waals surface area contributed by atoms with Crippen molar-refractivity contribution >= 4 is 29.6 Å². The van der Waals surface area contributed by atoms with Gasteiger partial charge in [-0.1, -0.05) is 85.2 Å². The number of nitrogens with zero attached hydrogens (tertiary/aromatic N) is 2. The van der Waals surface area contributed by atoms with Crippen LogP contribution >= 0.6 is 0 Å². The number of likely N-dealkylation sites (N-methyl/N-ethyl adjacent to an activating group) is 2. The summed E-state index contributed by atoms with van der Waals surface area (Å²) >= 11 is 0. The number of amides is 4. The van der Waals surface area contributed by atoms with Gasteiger partial charge in [0.25, 0.3) is 0 Å². The maximum absolute atomic E-state index is 13.9. The number of rotatable bonds is 19. The molecule has 51 heavy (non-hydrogen) atoms. The lowest BCUT2D eigenvalue weighted by Crippen LogP contribution is -2.55. The number of methoxy groups -OCH3 is 2. The minimum Gasteiger partial charge on any atom is -0.480 e. The van der Waals surface area contributed by atoms with Crippen molar-refractivity contribution in [2.45, 2.75) is 117 Å². The number of carboxylic acids is 1. The molecular weight excluding hydrogens is 654 g/mol. The minimum absolute atomic E-state index is 0.00974. The van der Waals surface area contributed by atoms with Crippen LogP contribution in [0, 0.1) is 17.8 Å². The van der Waals surface area contributed by atoms with E-state index in [9.17, 15) is 29.1 Å². The number of likely N-dealkylation sites (tertiary alicyclic amines) is 1. The maximum Gasteiger partial charge on any atom is 0.326 e. The van der Waals surface area contributed by atoms with Gasteiger partial charge in [0.15, 0.2) is 0 Å². The Hall–Kier alpha value is -3.55. The van der Waals surface area contributed by atoms with E-state index in [1.165, 1.54) is 25.5 Å². The van der Waals surface area contributed by atoms with E-state index in [4.69, 9.17) is 9.47 Å². The summed E-state index contributed by atoms with van der Waals surface area (Å²) < 4.78 is 11.6. The predicted molar refractivity (Wildman–Crippen MR) is 198 cm³/mol. The van der Waals surface area contributed by atoms with Crippen LogP contribution in [-0.4, -0.2) is 122 Å². The highest BCUT2D eigenvalue weighted by molar-refractivity contribution is 5.88. The summed E-state index contributed by atoms with van der Waals surface area (Å²) in [4.78, 5) is 68.3. The predicted octanol–water partition coefficient (Wildman–Crippen LogP) is 3.11. The molecule has 1 fully saturated rings. The van der Waals surface area contributed by atoms with Crippen LogP contribution in [0.1, 0.15) is 79.7 Å². The van der Waals surface area contributed by atoms with Gasteiger partial charge in [0.1, 0.15) is 6.04 Å². The lowest BCUT2D eigenvalue weighted by atomic mass is 9.92. The minimum atomic E-state index is -1.14. The van der Waals surface area contributed by atoms with Gasteiger partial charge >= 0.3 is 5.97 Å². The SMILES string of the molecule is CCC.CNC(C(=O)NCC(=O)N(C)C(C(C)C)C(CC(=O)N1CCC[C@H]1C(OC)C(C)C(=O)NC(Cc1ccccc1)C(=O)O)OC)C(C)C. The highest BCUT2D eigenvalue weighted by atomic mass is 16.5. The molecule has 7 atom stereocenters. The Morgan fingerprint density at radius 2 is 1.57 bits per heavy atom. The smallest absolute Gasteiger partial charge is 0.326 e. The van der Waals surface area contributed by atoms with Crippen molar-refractivity contribution in [3.8, 4) is 0 Å². The number of hydrogen-bond acceptors (Lipinski definition) is 8. The molecule has 0 saturated carbocycles. The molecule has 0 aromatic heterocycles. The third-order valence-corrected chi connectivity index (χ3v) is 9.33. The fourth-order valence-electron chi connectivity index (χ4n) is 6.73. The van der Waals surface area contributed by atoms with Gasteiger partial charge in [0.05, 0.1) is 49.2 Å². The Morgan fingerprint density at radius 1 is 0.961 bits per heavy atom. The lowest BCUT2D eigenvalue weighted by molar-refractivity contribution is -0.146. The zero-order chi connectivity index (χ0) is 38.8. The first-order valence-corrected chi connectivity index (χ1v) is 18.2. The van der Waals surface area contributed by atoms with Crippen molar-refractivity contribution in [2.24, 2.45) is 17.8 Å². The van der Waals surface area contributed by atoms with Crippen molar-refractivity contribution in [2.75, 3.05) is 41.4 Å². The van der Waals surface area contributed by atoms with Crippen LogP contribution < -0.4 is 16.0 Å². The zero-order valence-corrected chi connectivity index (χ0v) is 32.7. The van der Waals surface area contributed by atoms with Crippen LogP contribution in [0.4, 0.5) is 0 Å². The quantitative estimate of drug-likeness (QED) is 0.168. The molecule has 1 aromatic rings. The van der Waals surface area contributed by atoms with Crippen LogP contribution in [-0.2, 0) is 39.9 Å². The van der Waals surface area contributed by atoms with E-state index in [1.807, 2.05) is 45.9 Å². The number of nitrogens with one attached hydrogen (secondary N) is 3. The van der Waals surface area contributed by atoms with Crippen molar-refractivity contribution in [3.63, 3.8) is 0 Å². The second-order valence-electron chi connectivity index (χ2n) is 14.0. The second kappa shape index (κ2) is 23.1. The molecule has 2 rings (SSSR count). The number of benzene rings is 1. The van der Waals surface area contributed by atoms with Crippen molar-refractivity contribution in [3.05, 3.63) is 35.9 Å². The fourth-order valence-corrected chi connectivity index (χ4v) is 6.73. The molecule has 0 radical (unpaired) electrons. The highest BCUT2D eigenvalue weighted by Gasteiger charge is 2.42. The molecule has 0 bridgehead atoms. The molecule has 6 unspecified atom stereocenters. The van der Waals surface area contributed by atoms with Gasteiger partial charge in [-0.2, -0.15) is 0 Å². The van der Waals surface area contributed by atoms with E-state index < -0.39 is 54.2 Å². The molecule has 1 heterocycles. The van der Waals surface area contributed by atoms with Gasteiger partial charge in [0.2, 0.25) is 23.6 Å². The molecule has 0 spiro atoms. The summed E-state index contributed by atoms with van der Waals surface area (Å²) in [5, 5.41) is 18.1. The molecule has 13 heteroatoms. The monoisotopic (exact) mass is 719 g/mol. The van der Waals surface area contributed by atoms with E-state index in [1.54, 1.807) is 38.1 Å². The van der Waals surface area contributed by atoms with Crippen LogP contribution in [0.2, 0.25) is 0 Å². The van der Waals surface area contributed by atoms with E-state index >= 15 is 0 Å². The third-order valence-electron chi connectivity index (χ3n) is 9.33. The van der Waals surface area contributed by atoms with Crippen molar-refractivity contribution < 1.29 is 38.6 Å². The highest BCUT2D eigenvalue weighted by Crippen LogP contribution is 2.29. The largest absolute Gasteiger partial charge is 0.480 e. The normalized spacial score (nSPS) is 17.7. The van der Waals surface area contributed by atoms with Crippen molar-refractivity contribution in [1.29, 1.82) is 0 Å². The molecule has 1 aliphatic heterocycles. The van der Waals surface area contributed by atoms with Crippen LogP contribution in [0.3, 0.4) is 0 Å². The van der Waals surface area contributed by atoms with E-state index in [2.05, 4.69) is 29.8 Å². The number of ether oxygens (including phenoxy) is 2. The van der Waals surface area contributed by atoms with Crippen LogP contribution in [0.15, 0.2) is 30.3 Å². The molecule has 4 N–H and O–H groups in total. The van der Waals surface area contributed by atoms with E-state index in [-0.39, 0.29) is 48.9 Å². The fraction of sp³-hybridized carbons (Fsp3) is 0.711. The molecule has 4 amide bonds. The van der Waals surface area contributed by atoms with Gasteiger partial charge in [-0.15, -0.1) is 0 Å². The summed E-state index contributed by atoms with van der Waals surface area (Å²) in [7, 11) is 6.34. The van der Waals surface area contributed by atoms with Crippen LogP contribution in [0.5, 0.6) is 0 Å². The Balaban J connectivity index is 0.00000418. The maximum atomic E-state index is 13.9.